The van der Waals surface area contributed by atoms with E-state index >= 15 is 9.59 Å². The molecule has 2 unspecified atom stereocenters. The van der Waals surface area contributed by atoms with Gasteiger partial charge >= 0.3 is 17.1 Å². The average Bonchev–Trinajstić information content (AvgIpc) is 1.56. The van der Waals surface area contributed by atoms with E-state index in [0.717, 1.165) is 130 Å². The van der Waals surface area contributed by atoms with Crippen LogP contribution < -0.4 is 0 Å². The maximum Gasteiger partial charge on any atom is 0.314 e. The number of thiophene rings is 8. The summed E-state index contributed by atoms with van der Waals surface area (Å²) in [6.07, 6.45) is 22.3. The van der Waals surface area contributed by atoms with Crippen LogP contribution in [0.25, 0.3) is 70.3 Å². The highest BCUT2D eigenvalue weighted by atomic mass is 32.1. The van der Waals surface area contributed by atoms with Gasteiger partial charge in [-0.15, -0.1) is 90.7 Å². The molecule has 10 rings (SSSR count). The van der Waals surface area contributed by atoms with E-state index in [4.69, 9.17) is 16.5 Å². The number of unbranched alkanes of at least 4 members (excludes halogenated alkanes) is 8. The van der Waals surface area contributed by atoms with Gasteiger partial charge in [-0.3, -0.25) is 9.59 Å². The van der Waals surface area contributed by atoms with E-state index < -0.39 is 50.4 Å². The van der Waals surface area contributed by atoms with Crippen molar-refractivity contribution in [1.82, 2.24) is 0 Å². The van der Waals surface area contributed by atoms with Crippen molar-refractivity contribution in [2.45, 2.75) is 312 Å². The fourth-order valence-corrected chi connectivity index (χ4v) is 51.0. The lowest BCUT2D eigenvalue weighted by molar-refractivity contribution is 0.0980. The Morgan fingerprint density at radius 3 is 1.17 bits per heavy atom. The first-order valence-electron chi connectivity index (χ1n) is 40.3. The zero-order valence-corrected chi connectivity index (χ0v) is 81.7. The first-order chi connectivity index (χ1) is 49.6. The third-order valence-corrected chi connectivity index (χ3v) is 50.1. The quantitative estimate of drug-likeness (QED) is 0.0282. The Hall–Kier alpha value is -2.18. The molecule has 0 N–H and O–H groups in total. The number of ketones is 2. The molecule has 1 aliphatic rings. The van der Waals surface area contributed by atoms with Gasteiger partial charge in [0.1, 0.15) is 0 Å². The van der Waals surface area contributed by atoms with Crippen LogP contribution in [0, 0.1) is 11.8 Å². The molecule has 6 nitrogen and oxygen atoms in total. The van der Waals surface area contributed by atoms with Crippen molar-refractivity contribution >= 4 is 173 Å². The molecule has 0 radical (unpaired) electrons. The molecule has 2 atom stereocenters. The van der Waals surface area contributed by atoms with Gasteiger partial charge in [0, 0.05) is 101 Å². The second-order valence-electron chi connectivity index (χ2n) is 36.9. The number of carbonyl (C=O) groups excluding carboxylic acids is 2. The van der Waals surface area contributed by atoms with Crippen LogP contribution in [0.15, 0.2) is 60.7 Å². The van der Waals surface area contributed by atoms with E-state index in [-0.39, 0.29) is 22.4 Å². The largest absolute Gasteiger partial charge is 0.437 e. The van der Waals surface area contributed by atoms with E-state index in [1.807, 2.05) is 56.7 Å². The normalized spacial score (nSPS) is 14.4. The summed E-state index contributed by atoms with van der Waals surface area (Å²) >= 11 is 15.0. The predicted octanol–water partition coefficient (Wildman–Crippen LogP) is 31.5. The summed E-state index contributed by atoms with van der Waals surface area (Å²) in [6, 6.07) is 26.1. The van der Waals surface area contributed by atoms with E-state index in [0.29, 0.717) is 23.0 Å². The minimum Gasteiger partial charge on any atom is -0.437 e. The van der Waals surface area contributed by atoms with Crippen LogP contribution in [0.2, 0.25) is 104 Å². The van der Waals surface area contributed by atoms with E-state index in [9.17, 15) is 0 Å². The number of hydrogen-bond acceptors (Lipinski definition) is 14. The fourth-order valence-electron chi connectivity index (χ4n) is 15.7. The van der Waals surface area contributed by atoms with Gasteiger partial charge in [-0.05, 0) is 226 Å². The Morgan fingerprint density at radius 2 is 0.755 bits per heavy atom. The van der Waals surface area contributed by atoms with Gasteiger partial charge in [-0.1, -0.05) is 159 Å². The number of rotatable bonds is 39. The fraction of sp³-hybridized carbons (Fsp3) is 0.581. The molecule has 1 aromatic carbocycles. The maximum atomic E-state index is 16.3. The van der Waals surface area contributed by atoms with Gasteiger partial charge < -0.3 is 16.5 Å². The van der Waals surface area contributed by atoms with Gasteiger partial charge in [0.15, 0.2) is 44.8 Å². The predicted molar refractivity (Wildman–Crippen MR) is 491 cm³/mol. The number of fused-ring (bicyclic) bond motifs is 4. The van der Waals surface area contributed by atoms with E-state index in [1.165, 1.54) is 122 Å². The summed E-state index contributed by atoms with van der Waals surface area (Å²) in [5.74, 6) is 1.05. The van der Waals surface area contributed by atoms with E-state index in [2.05, 4.69) is 222 Å². The Kier molecular flexibility index (Phi) is 28.7. The third-order valence-electron chi connectivity index (χ3n) is 20.3. The van der Waals surface area contributed by atoms with Crippen LogP contribution in [0.1, 0.15) is 233 Å². The highest BCUT2D eigenvalue weighted by Crippen LogP contribution is 2.57. The first-order valence-corrected chi connectivity index (χ1v) is 65.5. The van der Waals surface area contributed by atoms with Gasteiger partial charge in [0.05, 0.1) is 20.9 Å². The van der Waals surface area contributed by atoms with Crippen LogP contribution >= 0.6 is 90.7 Å². The maximum absolute atomic E-state index is 16.3. The minimum atomic E-state index is -2.27. The molecule has 0 amide bonds. The van der Waals surface area contributed by atoms with Crippen molar-refractivity contribution in [1.29, 1.82) is 0 Å². The van der Waals surface area contributed by atoms with Gasteiger partial charge in [0.25, 0.3) is 0 Å². The van der Waals surface area contributed by atoms with Crippen molar-refractivity contribution in [2.75, 3.05) is 0 Å². The molecule has 580 valence electrons. The number of aryl methyl sites for hydroxylation is 2. The van der Waals surface area contributed by atoms with Crippen LogP contribution in [-0.4, -0.2) is 62.0 Å². The molecule has 0 bridgehead atoms. The molecule has 0 saturated heterocycles. The van der Waals surface area contributed by atoms with E-state index in [1.54, 1.807) is 34.0 Å². The van der Waals surface area contributed by atoms with Crippen LogP contribution in [0.4, 0.5) is 0 Å². The molecule has 8 aromatic heterocycles. The summed E-state index contributed by atoms with van der Waals surface area (Å²) < 4.78 is 30.3. The second kappa shape index (κ2) is 35.3. The molecule has 0 spiro atoms. The van der Waals surface area contributed by atoms with Crippen molar-refractivity contribution in [3.8, 4) is 50.1 Å². The van der Waals surface area contributed by atoms with Crippen molar-refractivity contribution in [3.05, 3.63) is 112 Å². The van der Waals surface area contributed by atoms with Gasteiger partial charge in [-0.2, -0.15) is 0 Å². The highest BCUT2D eigenvalue weighted by molar-refractivity contribution is 7.31. The number of carbonyl (C=O) groups is 2. The van der Waals surface area contributed by atoms with Crippen LogP contribution in [0.3, 0.4) is 0 Å². The summed E-state index contributed by atoms with van der Waals surface area (Å²) in [7, 11) is -11.6. The molecule has 0 saturated carbocycles. The Balaban J connectivity index is 1.05. The number of hydrogen-bond donors (Lipinski definition) is 0. The lowest BCUT2D eigenvalue weighted by atomic mass is 9.81. The third kappa shape index (κ3) is 21.8. The minimum absolute atomic E-state index is 0.0342. The lowest BCUT2D eigenvalue weighted by Crippen LogP contribution is -2.52. The van der Waals surface area contributed by atoms with Crippen molar-refractivity contribution < 1.29 is 26.0 Å². The first kappa shape index (κ1) is 86.2. The van der Waals surface area contributed by atoms with Crippen molar-refractivity contribution in [3.63, 3.8) is 0 Å². The standard InChI is InChI=1S/C86H128O6S8Si6/c1-25-29-39-57(27-3)53-69-75-76(70(96-69)54-58(28-4)40-30-26-2)80(88)78-77(79(75)87)83(100-84(78)67-49-50-71(97-67)85(5,6)7)66-48-47-63(95-66)68-55-61-73(64-45-43-59(93-64)41-35-31-33-37-51-105(23,89-101(11,12)13)90-102(14,15)16)82-62(56-72(99-82)86(8,9)10)74(81(61)98-68)65-46-44-60(94-65)42-36-32-34-38-52-106(24,91-103(17,18)19)92-104(20,21)22/h43-50,55-58H,25-42,51-54H2,1-24H3. The summed E-state index contributed by atoms with van der Waals surface area (Å²) in [5, 5.41) is 2.69. The molecule has 106 heavy (non-hydrogen) atoms. The molecule has 0 aliphatic heterocycles. The lowest BCUT2D eigenvalue weighted by Gasteiger charge is -2.38. The monoisotopic (exact) mass is 1680 g/mol. The Labute approximate surface area is 678 Å². The second-order valence-corrected chi connectivity index (χ2v) is 71.4. The molecule has 20 heteroatoms. The molecule has 0 fully saturated rings. The molecule has 9 aromatic rings. The van der Waals surface area contributed by atoms with Gasteiger partial charge in [-0.25, -0.2) is 0 Å². The van der Waals surface area contributed by atoms with Crippen molar-refractivity contribution in [2.24, 2.45) is 11.8 Å². The summed E-state index contributed by atoms with van der Waals surface area (Å²) in [5.41, 5.74) is 5.35. The SMILES string of the molecule is CCCCC(CC)Cc1sc(CC(CC)CCCC)c2c1C(=O)c1c(-c3ccc(-c4cc5c(-c6ccc(CCCCCC[Si](C)(O[Si](C)(C)C)O[Si](C)(C)C)s6)c6sc(C(C)(C)C)cc6c(-c6ccc(CCCCCC[Si](C)(O[Si](C)(C)C)O[Si](C)(C)C)s6)c5s4)s3)sc(-c3ccc(C(C)(C)C)s3)c1C2=O. The zero-order chi connectivity index (χ0) is 77.3. The van der Waals surface area contributed by atoms with Gasteiger partial charge in [0.2, 0.25) is 0 Å². The summed E-state index contributed by atoms with van der Waals surface area (Å²) in [4.78, 5) is 49.5. The number of benzene rings is 1. The summed E-state index contributed by atoms with van der Waals surface area (Å²) in [6.45, 7) is 55.6. The topological polar surface area (TPSA) is 71.1 Å². The molecule has 8 heterocycles. The average molecular weight is 1680 g/mol. The zero-order valence-electron chi connectivity index (χ0n) is 69.2. The van der Waals surface area contributed by atoms with Crippen LogP contribution in [0.5, 0.6) is 0 Å². The molecular weight excluding hydrogens is 1550 g/mol. The highest BCUT2D eigenvalue weighted by Gasteiger charge is 2.44. The van der Waals surface area contributed by atoms with Crippen LogP contribution in [-0.2, 0) is 53.0 Å². The molecular formula is C86H128O6S8Si6. The smallest absolute Gasteiger partial charge is 0.314 e. The Morgan fingerprint density at radius 1 is 0.358 bits per heavy atom. The Bertz CT molecular complexity index is 4290. The molecule has 1 aliphatic carbocycles.